The summed E-state index contributed by atoms with van der Waals surface area (Å²) in [7, 11) is 0. The van der Waals surface area contributed by atoms with Crippen LogP contribution in [0.2, 0.25) is 0 Å². The molecule has 0 aliphatic carbocycles. The number of piperidine rings is 1. The molecule has 2 saturated heterocycles. The molecule has 0 N–H and O–H groups in total. The Morgan fingerprint density at radius 2 is 2.22 bits per heavy atom. The molecule has 0 unspecified atom stereocenters. The van der Waals surface area contributed by atoms with Crippen LogP contribution in [0.4, 0.5) is 0 Å². The molecule has 0 aromatic carbocycles. The normalized spacial score (nSPS) is 27.2. The maximum atomic E-state index is 12.6. The van der Waals surface area contributed by atoms with Gasteiger partial charge in [0.25, 0.3) is 11.8 Å². The van der Waals surface area contributed by atoms with E-state index in [0.717, 1.165) is 12.8 Å². The molecule has 0 saturated carbocycles. The topological polar surface area (TPSA) is 94.5 Å². The number of hydrogen-bond acceptors (Lipinski definition) is 7. The Kier molecular flexibility index (Phi) is 3.41. The number of aryl methyl sites for hydroxylation is 2. The molecule has 4 rings (SSSR count). The standard InChI is InChI=1S/C15H18N4O4/c1-8-11(6-16-22-8)15(20)19-4-3-12-10(7-19)5-13(21-12)14-17-9(2)18-23-14/h6,10,12-13H,3-5,7H2,1-2H3/t10-,12+,13+/m1/s1. The van der Waals surface area contributed by atoms with Crippen LogP contribution in [0.1, 0.15) is 46.8 Å². The summed E-state index contributed by atoms with van der Waals surface area (Å²) in [4.78, 5) is 18.7. The van der Waals surface area contributed by atoms with Crippen LogP contribution in [0.15, 0.2) is 15.2 Å². The molecule has 8 nitrogen and oxygen atoms in total. The molecular weight excluding hydrogens is 300 g/mol. The van der Waals surface area contributed by atoms with Gasteiger partial charge in [-0.15, -0.1) is 0 Å². The summed E-state index contributed by atoms with van der Waals surface area (Å²) in [6.07, 6.45) is 3.06. The second kappa shape index (κ2) is 5.45. The molecule has 2 fully saturated rings. The van der Waals surface area contributed by atoms with Gasteiger partial charge in [0.15, 0.2) is 5.82 Å². The van der Waals surface area contributed by atoms with Crippen molar-refractivity contribution in [3.63, 3.8) is 0 Å². The van der Waals surface area contributed by atoms with Crippen molar-refractivity contribution in [3.05, 3.63) is 29.2 Å². The van der Waals surface area contributed by atoms with Gasteiger partial charge in [-0.1, -0.05) is 10.3 Å². The molecule has 3 atom stereocenters. The summed E-state index contributed by atoms with van der Waals surface area (Å²) in [6, 6.07) is 0. The quantitative estimate of drug-likeness (QED) is 0.831. The zero-order chi connectivity index (χ0) is 16.0. The largest absolute Gasteiger partial charge is 0.365 e. The summed E-state index contributed by atoms with van der Waals surface area (Å²) >= 11 is 0. The van der Waals surface area contributed by atoms with E-state index in [1.807, 2.05) is 4.90 Å². The molecule has 2 aromatic rings. The van der Waals surface area contributed by atoms with E-state index in [-0.39, 0.29) is 24.0 Å². The van der Waals surface area contributed by atoms with Gasteiger partial charge in [-0.25, -0.2) is 0 Å². The van der Waals surface area contributed by atoms with Crippen molar-refractivity contribution in [3.8, 4) is 0 Å². The molecule has 2 aromatic heterocycles. The van der Waals surface area contributed by atoms with Gasteiger partial charge in [0.1, 0.15) is 17.4 Å². The van der Waals surface area contributed by atoms with Gasteiger partial charge >= 0.3 is 0 Å². The Balaban J connectivity index is 1.45. The molecule has 2 aliphatic rings. The number of carbonyl (C=O) groups excluding carboxylic acids is 1. The highest BCUT2D eigenvalue weighted by Gasteiger charge is 2.43. The van der Waals surface area contributed by atoms with Crippen molar-refractivity contribution < 1.29 is 18.6 Å². The first-order chi connectivity index (χ1) is 11.1. The predicted molar refractivity (Wildman–Crippen MR) is 76.5 cm³/mol. The molecule has 8 heteroatoms. The molecular formula is C15H18N4O4. The van der Waals surface area contributed by atoms with Crippen molar-refractivity contribution in [2.75, 3.05) is 13.1 Å². The number of nitrogens with zero attached hydrogens (tertiary/aromatic N) is 4. The predicted octanol–water partition coefficient (Wildman–Crippen LogP) is 1.67. The van der Waals surface area contributed by atoms with E-state index in [1.165, 1.54) is 6.20 Å². The summed E-state index contributed by atoms with van der Waals surface area (Å²) in [6.45, 7) is 4.87. The Morgan fingerprint density at radius 1 is 1.35 bits per heavy atom. The van der Waals surface area contributed by atoms with Crippen LogP contribution in [-0.2, 0) is 4.74 Å². The molecule has 0 bridgehead atoms. The summed E-state index contributed by atoms with van der Waals surface area (Å²) < 4.78 is 16.2. The molecule has 1 amide bonds. The minimum atomic E-state index is -0.168. The number of ether oxygens (including phenoxy) is 1. The second-order valence-corrected chi connectivity index (χ2v) is 6.17. The third-order valence-corrected chi connectivity index (χ3v) is 4.61. The van der Waals surface area contributed by atoms with Crippen LogP contribution in [-0.4, -0.2) is 45.3 Å². The van der Waals surface area contributed by atoms with Crippen molar-refractivity contribution in [2.45, 2.75) is 38.9 Å². The number of rotatable bonds is 2. The third-order valence-electron chi connectivity index (χ3n) is 4.61. The zero-order valence-corrected chi connectivity index (χ0v) is 13.1. The van der Waals surface area contributed by atoms with Gasteiger partial charge in [0, 0.05) is 19.0 Å². The highest BCUT2D eigenvalue weighted by molar-refractivity contribution is 5.94. The average molecular weight is 318 g/mol. The first-order valence-corrected chi connectivity index (χ1v) is 7.78. The van der Waals surface area contributed by atoms with Gasteiger partial charge in [-0.3, -0.25) is 4.79 Å². The number of amides is 1. The minimum Gasteiger partial charge on any atom is -0.365 e. The van der Waals surface area contributed by atoms with Crippen LogP contribution < -0.4 is 0 Å². The van der Waals surface area contributed by atoms with E-state index in [0.29, 0.717) is 36.1 Å². The lowest BCUT2D eigenvalue weighted by atomic mass is 9.92. The van der Waals surface area contributed by atoms with Crippen molar-refractivity contribution >= 4 is 5.91 Å². The Hall–Kier alpha value is -2.22. The van der Waals surface area contributed by atoms with Gasteiger partial charge in [-0.2, -0.15) is 4.98 Å². The van der Waals surface area contributed by atoms with Gasteiger partial charge in [0.2, 0.25) is 0 Å². The monoisotopic (exact) mass is 318 g/mol. The highest BCUT2D eigenvalue weighted by Crippen LogP contribution is 2.40. The summed E-state index contributed by atoms with van der Waals surface area (Å²) in [5.74, 6) is 1.95. The van der Waals surface area contributed by atoms with E-state index in [9.17, 15) is 4.79 Å². The molecule has 0 radical (unpaired) electrons. The molecule has 0 spiro atoms. The number of likely N-dealkylation sites (tertiary alicyclic amines) is 1. The number of fused-ring (bicyclic) bond motifs is 1. The fourth-order valence-corrected chi connectivity index (χ4v) is 3.42. The SMILES string of the molecule is Cc1noc([C@@H]2C[C@@H]3CN(C(=O)c4cnoc4C)CC[C@@H]3O2)n1. The first-order valence-electron chi connectivity index (χ1n) is 7.78. The van der Waals surface area contributed by atoms with Crippen LogP contribution in [0.3, 0.4) is 0 Å². The van der Waals surface area contributed by atoms with Crippen molar-refractivity contribution in [1.29, 1.82) is 0 Å². The van der Waals surface area contributed by atoms with E-state index < -0.39 is 0 Å². The van der Waals surface area contributed by atoms with E-state index in [2.05, 4.69) is 15.3 Å². The maximum Gasteiger partial charge on any atom is 0.259 e. The van der Waals surface area contributed by atoms with Crippen LogP contribution in [0.5, 0.6) is 0 Å². The fourth-order valence-electron chi connectivity index (χ4n) is 3.42. The van der Waals surface area contributed by atoms with Crippen molar-refractivity contribution in [2.24, 2.45) is 5.92 Å². The zero-order valence-electron chi connectivity index (χ0n) is 13.1. The number of aromatic nitrogens is 3. The first kappa shape index (κ1) is 14.4. The van der Waals surface area contributed by atoms with E-state index >= 15 is 0 Å². The van der Waals surface area contributed by atoms with Gasteiger partial charge in [0.05, 0.1) is 12.3 Å². The molecule has 122 valence electrons. The lowest BCUT2D eigenvalue weighted by Crippen LogP contribution is -2.44. The highest BCUT2D eigenvalue weighted by atomic mass is 16.5. The second-order valence-electron chi connectivity index (χ2n) is 6.17. The van der Waals surface area contributed by atoms with Crippen LogP contribution in [0.25, 0.3) is 0 Å². The molecule has 23 heavy (non-hydrogen) atoms. The van der Waals surface area contributed by atoms with Gasteiger partial charge in [-0.05, 0) is 26.7 Å². The smallest absolute Gasteiger partial charge is 0.259 e. The number of carbonyl (C=O) groups is 1. The Morgan fingerprint density at radius 3 is 2.91 bits per heavy atom. The summed E-state index contributed by atoms with van der Waals surface area (Å²) in [5, 5.41) is 7.50. The minimum absolute atomic E-state index is 0.0284. The lowest BCUT2D eigenvalue weighted by Gasteiger charge is -2.33. The Bertz CT molecular complexity index is 725. The molecule has 2 aliphatic heterocycles. The van der Waals surface area contributed by atoms with Crippen LogP contribution >= 0.6 is 0 Å². The van der Waals surface area contributed by atoms with Crippen LogP contribution in [0, 0.1) is 19.8 Å². The summed E-state index contributed by atoms with van der Waals surface area (Å²) in [5.41, 5.74) is 0.534. The van der Waals surface area contributed by atoms with Gasteiger partial charge < -0.3 is 18.7 Å². The average Bonchev–Trinajstić information content (AvgIpc) is 3.24. The Labute approximate surface area is 132 Å². The third kappa shape index (κ3) is 2.52. The fraction of sp³-hybridized carbons (Fsp3) is 0.600. The van der Waals surface area contributed by atoms with E-state index in [4.69, 9.17) is 13.8 Å². The van der Waals surface area contributed by atoms with Crippen molar-refractivity contribution in [1.82, 2.24) is 20.2 Å². The number of hydrogen-bond donors (Lipinski definition) is 0. The lowest BCUT2D eigenvalue weighted by molar-refractivity contribution is -0.00779. The molecule has 4 heterocycles. The maximum absolute atomic E-state index is 12.6. The van der Waals surface area contributed by atoms with E-state index in [1.54, 1.807) is 13.8 Å².